The van der Waals surface area contributed by atoms with E-state index >= 15 is 0 Å². The molecular formula is C12H12N4OS. The summed E-state index contributed by atoms with van der Waals surface area (Å²) in [6.07, 6.45) is 0. The fourth-order valence-electron chi connectivity index (χ4n) is 1.76. The molecule has 0 saturated heterocycles. The zero-order valence-electron chi connectivity index (χ0n) is 10.0. The van der Waals surface area contributed by atoms with Gasteiger partial charge in [0.1, 0.15) is 10.4 Å². The molecule has 18 heavy (non-hydrogen) atoms. The first-order chi connectivity index (χ1) is 8.65. The van der Waals surface area contributed by atoms with E-state index in [1.54, 1.807) is 6.07 Å². The molecule has 0 aliphatic carbocycles. The Hall–Kier alpha value is -1.95. The molecule has 92 valence electrons. The lowest BCUT2D eigenvalue weighted by Gasteiger charge is -1.99. The van der Waals surface area contributed by atoms with Gasteiger partial charge >= 0.3 is 0 Å². The summed E-state index contributed by atoms with van der Waals surface area (Å²) in [5.41, 5.74) is 8.78. The lowest BCUT2D eigenvalue weighted by molar-refractivity contribution is 0.619. The Morgan fingerprint density at radius 2 is 2.17 bits per heavy atom. The zero-order valence-corrected chi connectivity index (χ0v) is 10.9. The van der Waals surface area contributed by atoms with Crippen molar-refractivity contribution in [3.8, 4) is 10.8 Å². The van der Waals surface area contributed by atoms with E-state index in [2.05, 4.69) is 28.4 Å². The van der Waals surface area contributed by atoms with E-state index in [9.17, 15) is 0 Å². The average molecular weight is 260 g/mol. The topological polar surface area (TPSA) is 77.8 Å². The second kappa shape index (κ2) is 4.06. The van der Waals surface area contributed by atoms with Crippen LogP contribution in [0.25, 0.3) is 21.9 Å². The van der Waals surface area contributed by atoms with Crippen LogP contribution in [0.1, 0.15) is 25.5 Å². The molecule has 0 fully saturated rings. The first kappa shape index (κ1) is 11.2. The fraction of sp³-hybridized carbons (Fsp3) is 0.250. The maximum Gasteiger partial charge on any atom is 0.241 e. The van der Waals surface area contributed by atoms with Crippen LogP contribution in [0.5, 0.6) is 0 Å². The minimum absolute atomic E-state index is 0.291. The van der Waals surface area contributed by atoms with Gasteiger partial charge in [-0.2, -0.15) is 0 Å². The van der Waals surface area contributed by atoms with Gasteiger partial charge in [-0.1, -0.05) is 18.3 Å². The van der Waals surface area contributed by atoms with E-state index in [0.717, 1.165) is 16.1 Å². The normalized spacial score (nSPS) is 11.5. The highest BCUT2D eigenvalue weighted by Crippen LogP contribution is 2.32. The van der Waals surface area contributed by atoms with Crippen molar-refractivity contribution in [1.82, 2.24) is 14.6 Å². The van der Waals surface area contributed by atoms with E-state index in [1.807, 2.05) is 12.1 Å². The van der Waals surface area contributed by atoms with Crippen molar-refractivity contribution in [3.63, 3.8) is 0 Å². The number of hydrogen-bond acceptors (Lipinski definition) is 6. The molecule has 1 aromatic carbocycles. The quantitative estimate of drug-likeness (QED) is 0.716. The molecule has 0 amide bonds. The molecule has 2 heterocycles. The van der Waals surface area contributed by atoms with Crippen LogP contribution in [-0.2, 0) is 0 Å². The molecule has 3 aromatic rings. The van der Waals surface area contributed by atoms with Crippen LogP contribution in [-0.4, -0.2) is 14.6 Å². The maximum absolute atomic E-state index is 5.72. The van der Waals surface area contributed by atoms with Gasteiger partial charge in [0.15, 0.2) is 5.58 Å². The van der Waals surface area contributed by atoms with Gasteiger partial charge in [0.2, 0.25) is 5.89 Å². The second-order valence-electron chi connectivity index (χ2n) is 4.39. The van der Waals surface area contributed by atoms with Gasteiger partial charge < -0.3 is 10.2 Å². The summed E-state index contributed by atoms with van der Waals surface area (Å²) < 4.78 is 9.70. The monoisotopic (exact) mass is 260 g/mol. The smallest absolute Gasteiger partial charge is 0.241 e. The minimum Gasteiger partial charge on any atom is -0.435 e. The Labute approximate surface area is 108 Å². The molecule has 0 aliphatic heterocycles. The third-order valence-electron chi connectivity index (χ3n) is 2.67. The molecule has 5 nitrogen and oxygen atoms in total. The lowest BCUT2D eigenvalue weighted by Crippen LogP contribution is -1.90. The van der Waals surface area contributed by atoms with Crippen molar-refractivity contribution in [3.05, 3.63) is 23.9 Å². The first-order valence-electron chi connectivity index (χ1n) is 5.64. The molecule has 2 N–H and O–H groups in total. The fourth-order valence-corrected chi connectivity index (χ4v) is 2.51. The molecule has 6 heteroatoms. The van der Waals surface area contributed by atoms with Crippen molar-refractivity contribution >= 4 is 28.3 Å². The molecule has 0 atom stereocenters. The van der Waals surface area contributed by atoms with Crippen LogP contribution < -0.4 is 5.73 Å². The van der Waals surface area contributed by atoms with Crippen molar-refractivity contribution in [2.24, 2.45) is 0 Å². The van der Waals surface area contributed by atoms with Gasteiger partial charge in [-0.15, -0.1) is 5.10 Å². The largest absolute Gasteiger partial charge is 0.435 e. The molecule has 0 unspecified atom stereocenters. The van der Waals surface area contributed by atoms with E-state index in [-0.39, 0.29) is 0 Å². The number of fused-ring (bicyclic) bond motifs is 1. The van der Waals surface area contributed by atoms with E-state index in [4.69, 9.17) is 10.2 Å². The van der Waals surface area contributed by atoms with Crippen molar-refractivity contribution in [2.45, 2.75) is 19.8 Å². The molecule has 0 saturated carbocycles. The van der Waals surface area contributed by atoms with Gasteiger partial charge in [0.05, 0.1) is 5.69 Å². The van der Waals surface area contributed by atoms with Crippen molar-refractivity contribution < 1.29 is 4.42 Å². The Morgan fingerprint density at radius 3 is 2.94 bits per heavy atom. The summed E-state index contributed by atoms with van der Waals surface area (Å²) in [7, 11) is 0. The minimum atomic E-state index is 0.291. The Kier molecular flexibility index (Phi) is 2.52. The third kappa shape index (κ3) is 1.74. The van der Waals surface area contributed by atoms with E-state index in [0.29, 0.717) is 23.1 Å². The number of nitrogens with two attached hydrogens (primary N) is 1. The van der Waals surface area contributed by atoms with Crippen LogP contribution in [0, 0.1) is 0 Å². The van der Waals surface area contributed by atoms with Crippen molar-refractivity contribution in [2.75, 3.05) is 5.73 Å². The SMILES string of the molecule is CC(C)c1nnsc1-c1nc2ccc(N)cc2o1. The molecule has 0 bridgehead atoms. The molecule has 2 aromatic heterocycles. The average Bonchev–Trinajstić information content (AvgIpc) is 2.93. The van der Waals surface area contributed by atoms with Crippen molar-refractivity contribution in [1.29, 1.82) is 0 Å². The van der Waals surface area contributed by atoms with Gasteiger partial charge in [-0.05, 0) is 29.6 Å². The molecule has 3 rings (SSSR count). The number of nitrogens with zero attached hydrogens (tertiary/aromatic N) is 3. The number of aromatic nitrogens is 3. The molecule has 0 aliphatic rings. The number of nitrogen functional groups attached to an aromatic ring is 1. The Morgan fingerprint density at radius 1 is 1.33 bits per heavy atom. The van der Waals surface area contributed by atoms with E-state index in [1.165, 1.54) is 11.5 Å². The Bertz CT molecular complexity index is 701. The van der Waals surface area contributed by atoms with E-state index < -0.39 is 0 Å². The number of benzene rings is 1. The van der Waals surface area contributed by atoms with Crippen LogP contribution >= 0.6 is 11.5 Å². The highest BCUT2D eigenvalue weighted by molar-refractivity contribution is 7.09. The van der Waals surface area contributed by atoms with Gasteiger partial charge in [0.25, 0.3) is 0 Å². The number of anilines is 1. The molecular weight excluding hydrogens is 248 g/mol. The predicted molar refractivity (Wildman–Crippen MR) is 71.4 cm³/mol. The third-order valence-corrected chi connectivity index (χ3v) is 3.40. The molecule has 0 spiro atoms. The lowest BCUT2D eigenvalue weighted by atomic mass is 10.1. The summed E-state index contributed by atoms with van der Waals surface area (Å²) in [5.74, 6) is 0.855. The van der Waals surface area contributed by atoms with Gasteiger partial charge in [0, 0.05) is 11.8 Å². The predicted octanol–water partition coefficient (Wildman–Crippen LogP) is 3.05. The number of oxazole rings is 1. The first-order valence-corrected chi connectivity index (χ1v) is 6.41. The van der Waals surface area contributed by atoms with Crippen LogP contribution in [0.4, 0.5) is 5.69 Å². The summed E-state index contributed by atoms with van der Waals surface area (Å²) in [4.78, 5) is 5.34. The second-order valence-corrected chi connectivity index (χ2v) is 5.14. The number of rotatable bonds is 2. The summed E-state index contributed by atoms with van der Waals surface area (Å²) in [6, 6.07) is 5.43. The van der Waals surface area contributed by atoms with Crippen LogP contribution in [0.3, 0.4) is 0 Å². The van der Waals surface area contributed by atoms with Gasteiger partial charge in [-0.3, -0.25) is 0 Å². The van der Waals surface area contributed by atoms with Gasteiger partial charge in [-0.25, -0.2) is 4.98 Å². The zero-order chi connectivity index (χ0) is 12.7. The number of hydrogen-bond donors (Lipinski definition) is 1. The van der Waals surface area contributed by atoms with Crippen LogP contribution in [0.2, 0.25) is 0 Å². The maximum atomic E-state index is 5.72. The Balaban J connectivity index is 2.16. The summed E-state index contributed by atoms with van der Waals surface area (Å²) >= 11 is 1.30. The summed E-state index contributed by atoms with van der Waals surface area (Å²) in [5, 5.41) is 4.12. The molecule has 0 radical (unpaired) electrons. The standard InChI is InChI=1S/C12H12N4OS/c1-6(2)10-11(18-16-15-10)12-14-8-4-3-7(13)5-9(8)17-12/h3-6H,13H2,1-2H3. The summed E-state index contributed by atoms with van der Waals surface area (Å²) in [6.45, 7) is 4.14. The highest BCUT2D eigenvalue weighted by Gasteiger charge is 2.18. The van der Waals surface area contributed by atoms with Crippen LogP contribution in [0.15, 0.2) is 22.6 Å². The highest BCUT2D eigenvalue weighted by atomic mass is 32.1.